The molecule has 8 nitrogen and oxygen atoms in total. The second-order valence-electron chi connectivity index (χ2n) is 8.01. The molecule has 3 rings (SSSR count). The molecular weight excluding hydrogens is 426 g/mol. The van der Waals surface area contributed by atoms with Gasteiger partial charge in [-0.1, -0.05) is 18.9 Å². The van der Waals surface area contributed by atoms with E-state index in [1.165, 1.54) is 0 Å². The molecule has 0 spiro atoms. The van der Waals surface area contributed by atoms with E-state index < -0.39 is 0 Å². The molecular formula is C23H33N5O3S. The Hall–Kier alpha value is -2.36. The second-order valence-corrected chi connectivity index (χ2v) is 9.19. The van der Waals surface area contributed by atoms with Crippen molar-refractivity contribution in [2.75, 3.05) is 52.1 Å². The zero-order valence-electron chi connectivity index (χ0n) is 19.4. The number of nitrogens with one attached hydrogen (secondary N) is 2. The Morgan fingerprint density at radius 3 is 2.69 bits per heavy atom. The lowest BCUT2D eigenvalue weighted by Crippen LogP contribution is -2.41. The predicted octanol–water partition coefficient (Wildman–Crippen LogP) is 2.47. The molecule has 1 aromatic heterocycles. The lowest BCUT2D eigenvalue weighted by molar-refractivity contribution is 0.0956. The lowest BCUT2D eigenvalue weighted by atomic mass is 10.1. The van der Waals surface area contributed by atoms with Gasteiger partial charge in [-0.05, 0) is 45.5 Å². The Morgan fingerprint density at radius 1 is 1.25 bits per heavy atom. The number of carbonyl (C=O) groups is 1. The molecule has 2 heterocycles. The molecule has 0 bridgehead atoms. The van der Waals surface area contributed by atoms with E-state index in [4.69, 9.17) is 4.74 Å². The number of H-pyrrole nitrogens is 1. The average Bonchev–Trinajstić information content (AvgIpc) is 2.79. The quantitative estimate of drug-likeness (QED) is 0.440. The number of hydrogen-bond donors (Lipinski definition) is 2. The topological polar surface area (TPSA) is 90.6 Å². The molecule has 32 heavy (non-hydrogen) atoms. The highest BCUT2D eigenvalue weighted by Crippen LogP contribution is 2.29. The molecule has 0 atom stereocenters. The van der Waals surface area contributed by atoms with E-state index in [9.17, 15) is 9.59 Å². The van der Waals surface area contributed by atoms with Crippen molar-refractivity contribution in [3.05, 3.63) is 45.4 Å². The van der Waals surface area contributed by atoms with Crippen LogP contribution in [0.3, 0.4) is 0 Å². The van der Waals surface area contributed by atoms with Crippen LogP contribution >= 0.6 is 11.9 Å². The van der Waals surface area contributed by atoms with Gasteiger partial charge in [0.05, 0.1) is 12.2 Å². The zero-order valence-corrected chi connectivity index (χ0v) is 20.2. The highest BCUT2D eigenvalue weighted by atomic mass is 32.2. The summed E-state index contributed by atoms with van der Waals surface area (Å²) in [5.74, 6) is 1.68. The summed E-state index contributed by atoms with van der Waals surface area (Å²) >= 11 is 1.77. The first-order chi connectivity index (χ1) is 15.4. The van der Waals surface area contributed by atoms with Gasteiger partial charge in [0.1, 0.15) is 11.6 Å². The Labute approximate surface area is 193 Å². The minimum absolute atomic E-state index is 0.154. The molecule has 1 fully saturated rings. The van der Waals surface area contributed by atoms with Gasteiger partial charge in [0, 0.05) is 55.3 Å². The maximum Gasteiger partial charge on any atom is 0.254 e. The van der Waals surface area contributed by atoms with Crippen molar-refractivity contribution in [2.24, 2.45) is 0 Å². The summed E-state index contributed by atoms with van der Waals surface area (Å²) in [7, 11) is 2.14. The lowest BCUT2D eigenvalue weighted by Gasteiger charge is -2.31. The van der Waals surface area contributed by atoms with Gasteiger partial charge in [0.25, 0.3) is 11.5 Å². The molecule has 0 radical (unpaired) electrons. The van der Waals surface area contributed by atoms with Crippen LogP contribution in [-0.4, -0.2) is 77.2 Å². The smallest absolute Gasteiger partial charge is 0.254 e. The van der Waals surface area contributed by atoms with Gasteiger partial charge in [0.2, 0.25) is 0 Å². The summed E-state index contributed by atoms with van der Waals surface area (Å²) in [6.45, 7) is 10.9. The van der Waals surface area contributed by atoms with E-state index in [0.717, 1.165) is 38.4 Å². The minimum Gasteiger partial charge on any atom is -0.493 e. The van der Waals surface area contributed by atoms with Gasteiger partial charge in [0.15, 0.2) is 0 Å². The van der Waals surface area contributed by atoms with Gasteiger partial charge in [-0.3, -0.25) is 9.59 Å². The second kappa shape index (κ2) is 11.5. The third-order valence-corrected chi connectivity index (χ3v) is 6.59. The zero-order chi connectivity index (χ0) is 23.1. The van der Waals surface area contributed by atoms with E-state index >= 15 is 0 Å². The number of hydrogen-bond acceptors (Lipinski definition) is 7. The molecule has 1 amide bonds. The van der Waals surface area contributed by atoms with Crippen LogP contribution in [0.2, 0.25) is 0 Å². The molecule has 2 aromatic rings. The molecule has 1 aliphatic rings. The molecule has 1 aliphatic heterocycles. The molecule has 1 saturated heterocycles. The van der Waals surface area contributed by atoms with E-state index in [-0.39, 0.29) is 11.5 Å². The number of aromatic amines is 1. The van der Waals surface area contributed by atoms with Crippen LogP contribution in [0.5, 0.6) is 5.75 Å². The Bertz CT molecular complexity index is 986. The van der Waals surface area contributed by atoms with Crippen molar-refractivity contribution in [3.8, 4) is 17.1 Å². The molecule has 2 N–H and O–H groups in total. The van der Waals surface area contributed by atoms with E-state index in [2.05, 4.69) is 31.5 Å². The largest absolute Gasteiger partial charge is 0.493 e. The highest BCUT2D eigenvalue weighted by molar-refractivity contribution is 7.97. The van der Waals surface area contributed by atoms with Crippen molar-refractivity contribution in [1.29, 1.82) is 0 Å². The number of benzene rings is 1. The normalized spacial score (nSPS) is 15.0. The van der Waals surface area contributed by atoms with E-state index in [0.29, 0.717) is 47.1 Å². The molecule has 0 unspecified atom stereocenters. The Morgan fingerprint density at radius 2 is 2.00 bits per heavy atom. The maximum atomic E-state index is 12.8. The van der Waals surface area contributed by atoms with Crippen LogP contribution in [-0.2, 0) is 0 Å². The summed E-state index contributed by atoms with van der Waals surface area (Å²) in [5.41, 5.74) is 2.16. The van der Waals surface area contributed by atoms with Crippen LogP contribution in [0.4, 0.5) is 0 Å². The number of ether oxygens (including phenoxy) is 1. The van der Waals surface area contributed by atoms with Crippen LogP contribution in [0, 0.1) is 13.8 Å². The standard InChI is InChI=1S/C23H33N5O3S/c1-5-13-31-20-7-6-18(15-19(20)21-25-17(3)16(2)22(29)26-21)23(30)24-8-14-32-28-11-9-27(4)10-12-28/h6-7,15H,5,8-14H2,1-4H3,(H,24,30)(H,25,26,29). The summed E-state index contributed by atoms with van der Waals surface area (Å²) in [6, 6.07) is 5.26. The third-order valence-electron chi connectivity index (χ3n) is 5.48. The maximum absolute atomic E-state index is 12.8. The molecule has 0 saturated carbocycles. The number of aryl methyl sites for hydroxylation is 1. The summed E-state index contributed by atoms with van der Waals surface area (Å²) < 4.78 is 8.21. The van der Waals surface area contributed by atoms with Crippen molar-refractivity contribution >= 4 is 17.9 Å². The van der Waals surface area contributed by atoms with Crippen LogP contribution in [0.15, 0.2) is 23.0 Å². The van der Waals surface area contributed by atoms with Gasteiger partial charge in [-0.15, -0.1) is 0 Å². The monoisotopic (exact) mass is 459 g/mol. The van der Waals surface area contributed by atoms with Crippen molar-refractivity contribution < 1.29 is 9.53 Å². The van der Waals surface area contributed by atoms with Crippen molar-refractivity contribution in [1.82, 2.24) is 24.5 Å². The molecule has 174 valence electrons. The van der Waals surface area contributed by atoms with Crippen LogP contribution in [0.25, 0.3) is 11.4 Å². The fraction of sp³-hybridized carbons (Fsp3) is 0.522. The van der Waals surface area contributed by atoms with Gasteiger partial charge >= 0.3 is 0 Å². The number of amides is 1. The first-order valence-corrected chi connectivity index (χ1v) is 12.0. The summed E-state index contributed by atoms with van der Waals surface area (Å²) in [4.78, 5) is 34.7. The summed E-state index contributed by atoms with van der Waals surface area (Å²) in [6.07, 6.45) is 0.851. The number of rotatable bonds is 9. The van der Waals surface area contributed by atoms with E-state index in [1.54, 1.807) is 44.0 Å². The fourth-order valence-corrected chi connectivity index (χ4v) is 4.20. The average molecular weight is 460 g/mol. The van der Waals surface area contributed by atoms with Crippen molar-refractivity contribution in [2.45, 2.75) is 27.2 Å². The minimum atomic E-state index is -0.190. The fourth-order valence-electron chi connectivity index (χ4n) is 3.33. The third kappa shape index (κ3) is 6.34. The highest BCUT2D eigenvalue weighted by Gasteiger charge is 2.16. The van der Waals surface area contributed by atoms with Crippen molar-refractivity contribution in [3.63, 3.8) is 0 Å². The molecule has 1 aromatic carbocycles. The van der Waals surface area contributed by atoms with Crippen LogP contribution < -0.4 is 15.6 Å². The summed E-state index contributed by atoms with van der Waals surface area (Å²) in [5, 5.41) is 2.99. The van der Waals surface area contributed by atoms with E-state index in [1.807, 2.05) is 6.92 Å². The number of carbonyl (C=O) groups excluding carboxylic acids is 1. The molecule has 9 heteroatoms. The first-order valence-electron chi connectivity index (χ1n) is 11.1. The number of aromatic nitrogens is 2. The Balaban J connectivity index is 1.69. The van der Waals surface area contributed by atoms with Crippen LogP contribution in [0.1, 0.15) is 35.0 Å². The Kier molecular flexibility index (Phi) is 8.72. The van der Waals surface area contributed by atoms with Gasteiger partial charge in [-0.2, -0.15) is 0 Å². The number of likely N-dealkylation sites (N-methyl/N-ethyl adjacent to an activating group) is 1. The number of piperazine rings is 1. The SMILES string of the molecule is CCCOc1ccc(C(=O)NCCSN2CCN(C)CC2)cc1-c1nc(C)c(C)c(=O)[nH]1. The molecule has 0 aliphatic carbocycles. The number of nitrogens with zero attached hydrogens (tertiary/aromatic N) is 3. The van der Waals surface area contributed by atoms with Gasteiger partial charge in [-0.25, -0.2) is 9.29 Å². The first kappa shape index (κ1) is 24.3. The predicted molar refractivity (Wildman–Crippen MR) is 129 cm³/mol. The van der Waals surface area contributed by atoms with Gasteiger partial charge < -0.3 is 19.9 Å².